The Hall–Kier alpha value is -3.04. The molecule has 0 aliphatic carbocycles. The third-order valence-electron chi connectivity index (χ3n) is 6.75. The average Bonchev–Trinajstić information content (AvgIpc) is 3.31. The van der Waals surface area contributed by atoms with E-state index < -0.39 is 9.84 Å². The molecule has 3 aliphatic rings. The van der Waals surface area contributed by atoms with Crippen molar-refractivity contribution in [2.24, 2.45) is 0 Å². The highest BCUT2D eigenvalue weighted by molar-refractivity contribution is 7.91. The number of imide groups is 1. The number of hydrogen-bond donors (Lipinski definition) is 0. The first-order chi connectivity index (χ1) is 15.8. The molecule has 0 saturated carbocycles. The number of carbonyl (C=O) groups excluding carboxylic acids is 3. The average molecular weight is 468 g/mol. The molecule has 3 heterocycles. The molecule has 1 unspecified atom stereocenters. The number of sulfone groups is 1. The minimum Gasteiger partial charge on any atom is -0.336 e. The van der Waals surface area contributed by atoms with E-state index in [0.29, 0.717) is 49.3 Å². The lowest BCUT2D eigenvalue weighted by molar-refractivity contribution is 0.0585. The Morgan fingerprint density at radius 2 is 1.48 bits per heavy atom. The second-order valence-corrected chi connectivity index (χ2v) is 11.1. The highest BCUT2D eigenvalue weighted by Gasteiger charge is 2.36. The van der Waals surface area contributed by atoms with Gasteiger partial charge in [-0.3, -0.25) is 24.2 Å². The van der Waals surface area contributed by atoms with Crippen LogP contribution in [0, 0.1) is 0 Å². The van der Waals surface area contributed by atoms with Crippen LogP contribution in [0.2, 0.25) is 0 Å². The molecule has 172 valence electrons. The summed E-state index contributed by atoms with van der Waals surface area (Å²) in [6.45, 7) is 2.62. The maximum atomic E-state index is 12.9. The molecule has 0 N–H and O–H groups in total. The maximum Gasteiger partial charge on any atom is 0.261 e. The van der Waals surface area contributed by atoms with Crippen molar-refractivity contribution in [1.82, 2.24) is 14.7 Å². The van der Waals surface area contributed by atoms with Crippen molar-refractivity contribution in [3.63, 3.8) is 0 Å². The summed E-state index contributed by atoms with van der Waals surface area (Å²) in [5.41, 5.74) is 2.17. The number of fused-ring (bicyclic) bond motifs is 1. The van der Waals surface area contributed by atoms with Crippen molar-refractivity contribution < 1.29 is 22.8 Å². The van der Waals surface area contributed by atoms with Crippen molar-refractivity contribution in [3.8, 4) is 0 Å². The van der Waals surface area contributed by atoms with Crippen LogP contribution in [-0.2, 0) is 16.4 Å². The van der Waals surface area contributed by atoms with Crippen LogP contribution in [0.1, 0.15) is 43.1 Å². The van der Waals surface area contributed by atoms with Gasteiger partial charge in [-0.15, -0.1) is 0 Å². The number of amides is 3. The fraction of sp³-hybridized carbons (Fsp3) is 0.375. The van der Waals surface area contributed by atoms with Gasteiger partial charge >= 0.3 is 0 Å². The summed E-state index contributed by atoms with van der Waals surface area (Å²) in [5.74, 6) is -0.201. The summed E-state index contributed by atoms with van der Waals surface area (Å²) >= 11 is 0. The Morgan fingerprint density at radius 3 is 2.03 bits per heavy atom. The number of benzene rings is 2. The van der Waals surface area contributed by atoms with Crippen LogP contribution < -0.4 is 0 Å². The minimum absolute atomic E-state index is 0.0636. The van der Waals surface area contributed by atoms with E-state index in [2.05, 4.69) is 4.90 Å². The van der Waals surface area contributed by atoms with Gasteiger partial charge in [0.05, 0.1) is 29.2 Å². The van der Waals surface area contributed by atoms with E-state index >= 15 is 0 Å². The van der Waals surface area contributed by atoms with Crippen molar-refractivity contribution in [1.29, 1.82) is 0 Å². The number of nitrogens with zero attached hydrogens (tertiary/aromatic N) is 3. The van der Waals surface area contributed by atoms with Gasteiger partial charge in [-0.05, 0) is 36.2 Å². The summed E-state index contributed by atoms with van der Waals surface area (Å²) in [4.78, 5) is 43.2. The predicted molar refractivity (Wildman–Crippen MR) is 122 cm³/mol. The van der Waals surface area contributed by atoms with Crippen LogP contribution in [-0.4, -0.2) is 84.6 Å². The molecule has 0 aromatic heterocycles. The Morgan fingerprint density at radius 1 is 0.879 bits per heavy atom. The second kappa shape index (κ2) is 8.39. The van der Waals surface area contributed by atoms with Gasteiger partial charge in [0.15, 0.2) is 9.84 Å². The van der Waals surface area contributed by atoms with E-state index in [9.17, 15) is 22.8 Å². The largest absolute Gasteiger partial charge is 0.336 e. The minimum atomic E-state index is -2.92. The van der Waals surface area contributed by atoms with E-state index in [1.54, 1.807) is 53.4 Å². The number of rotatable bonds is 4. The third-order valence-corrected chi connectivity index (χ3v) is 8.50. The van der Waals surface area contributed by atoms with Crippen LogP contribution in [0.4, 0.5) is 0 Å². The van der Waals surface area contributed by atoms with Gasteiger partial charge in [0.1, 0.15) is 0 Å². The monoisotopic (exact) mass is 467 g/mol. The van der Waals surface area contributed by atoms with Gasteiger partial charge in [-0.25, -0.2) is 8.42 Å². The van der Waals surface area contributed by atoms with Gasteiger partial charge in [0.2, 0.25) is 0 Å². The van der Waals surface area contributed by atoms with Gasteiger partial charge < -0.3 is 4.90 Å². The Labute approximate surface area is 192 Å². The van der Waals surface area contributed by atoms with Crippen LogP contribution >= 0.6 is 0 Å². The number of carbonyl (C=O) groups is 3. The van der Waals surface area contributed by atoms with Crippen molar-refractivity contribution in [3.05, 3.63) is 70.8 Å². The molecule has 2 aromatic rings. The summed E-state index contributed by atoms with van der Waals surface area (Å²) in [5, 5.41) is 0. The van der Waals surface area contributed by atoms with Crippen LogP contribution in [0.25, 0.3) is 0 Å². The van der Waals surface area contributed by atoms with Crippen LogP contribution in [0.15, 0.2) is 48.5 Å². The van der Waals surface area contributed by atoms with E-state index in [1.807, 2.05) is 0 Å². The molecule has 2 aromatic carbocycles. The molecule has 3 aliphatic heterocycles. The SMILES string of the molecule is O=C(c1ccc(CN2C(=O)c3ccccc3C2=O)cc1)N1CCN(C2CCS(=O)(=O)C2)CC1. The lowest BCUT2D eigenvalue weighted by Gasteiger charge is -2.37. The molecular weight excluding hydrogens is 442 g/mol. The molecule has 8 nitrogen and oxygen atoms in total. The zero-order valence-corrected chi connectivity index (χ0v) is 19.0. The van der Waals surface area contributed by atoms with Crippen molar-refractivity contribution in [2.75, 3.05) is 37.7 Å². The molecule has 33 heavy (non-hydrogen) atoms. The van der Waals surface area contributed by atoms with Gasteiger partial charge in [0.25, 0.3) is 17.7 Å². The molecule has 5 rings (SSSR count). The normalized spacial score (nSPS) is 22.6. The second-order valence-electron chi connectivity index (χ2n) is 8.82. The lowest BCUT2D eigenvalue weighted by atomic mass is 10.1. The summed E-state index contributed by atoms with van der Waals surface area (Å²) < 4.78 is 23.5. The third kappa shape index (κ3) is 4.18. The molecule has 0 bridgehead atoms. The zero-order valence-electron chi connectivity index (χ0n) is 18.1. The van der Waals surface area contributed by atoms with E-state index in [0.717, 1.165) is 5.56 Å². The van der Waals surface area contributed by atoms with Crippen molar-refractivity contribution in [2.45, 2.75) is 19.0 Å². The summed E-state index contributed by atoms with van der Waals surface area (Å²) in [6.07, 6.45) is 0.671. The standard InChI is InChI=1S/C24H25N3O5S/c28-22(26-12-10-25(11-13-26)19-9-14-33(31,32)16-19)18-7-5-17(6-8-18)15-27-23(29)20-3-1-2-4-21(20)24(27)30/h1-8,19H,9-16H2. The van der Waals surface area contributed by atoms with E-state index in [-0.39, 0.29) is 41.8 Å². The molecule has 9 heteroatoms. The summed E-state index contributed by atoms with van der Waals surface area (Å²) in [6, 6.07) is 13.9. The topological polar surface area (TPSA) is 95.1 Å². The van der Waals surface area contributed by atoms with Gasteiger partial charge in [-0.2, -0.15) is 0 Å². The van der Waals surface area contributed by atoms with Gasteiger partial charge in [-0.1, -0.05) is 24.3 Å². The van der Waals surface area contributed by atoms with Gasteiger partial charge in [0, 0.05) is 37.8 Å². The molecule has 2 fully saturated rings. The highest BCUT2D eigenvalue weighted by atomic mass is 32.2. The first-order valence-electron chi connectivity index (χ1n) is 11.1. The quantitative estimate of drug-likeness (QED) is 0.632. The first-order valence-corrected chi connectivity index (χ1v) is 12.9. The Balaban J connectivity index is 1.19. The number of piperazine rings is 1. The molecule has 0 radical (unpaired) electrons. The molecule has 1 atom stereocenters. The fourth-order valence-electron chi connectivity index (χ4n) is 4.85. The Bertz CT molecular complexity index is 1180. The lowest BCUT2D eigenvalue weighted by Crippen LogP contribution is -2.52. The fourth-order valence-corrected chi connectivity index (χ4v) is 6.62. The van der Waals surface area contributed by atoms with Crippen molar-refractivity contribution >= 4 is 27.6 Å². The molecule has 2 saturated heterocycles. The number of hydrogen-bond acceptors (Lipinski definition) is 6. The van der Waals surface area contributed by atoms with E-state index in [1.165, 1.54) is 4.90 Å². The van der Waals surface area contributed by atoms with E-state index in [4.69, 9.17) is 0 Å². The Kier molecular flexibility index (Phi) is 5.54. The molecular formula is C24H25N3O5S. The molecule has 0 spiro atoms. The first kappa shape index (κ1) is 21.8. The predicted octanol–water partition coefficient (Wildman–Crippen LogP) is 1.43. The summed E-state index contributed by atoms with van der Waals surface area (Å²) in [7, 11) is -2.92. The molecule has 3 amide bonds. The van der Waals surface area contributed by atoms with Crippen LogP contribution in [0.3, 0.4) is 0 Å². The zero-order chi connectivity index (χ0) is 23.2. The smallest absolute Gasteiger partial charge is 0.261 e. The maximum absolute atomic E-state index is 12.9. The highest BCUT2D eigenvalue weighted by Crippen LogP contribution is 2.25. The van der Waals surface area contributed by atoms with Crippen LogP contribution in [0.5, 0.6) is 0 Å².